The number of nitriles is 1. The minimum absolute atomic E-state index is 0.0492. The third-order valence-electron chi connectivity index (χ3n) is 12.3. The third-order valence-corrected chi connectivity index (χ3v) is 12.3. The van der Waals surface area contributed by atoms with Crippen molar-refractivity contribution in [1.82, 2.24) is 10.2 Å². The molecule has 6 nitrogen and oxygen atoms in total. The van der Waals surface area contributed by atoms with Crippen LogP contribution in [0.15, 0.2) is 34.1 Å². The summed E-state index contributed by atoms with van der Waals surface area (Å²) in [4.78, 5) is 27.3. The molecule has 5 aliphatic carbocycles. The van der Waals surface area contributed by atoms with Crippen LogP contribution in [0.2, 0.25) is 0 Å². The van der Waals surface area contributed by atoms with Crippen molar-refractivity contribution in [1.29, 1.82) is 5.26 Å². The van der Waals surface area contributed by atoms with E-state index in [1.54, 1.807) is 0 Å². The number of hydrogen-bond donors (Lipinski definition) is 0. The lowest BCUT2D eigenvalue weighted by molar-refractivity contribution is -0.159. The van der Waals surface area contributed by atoms with Gasteiger partial charge in [0.15, 0.2) is 11.6 Å². The fraction of sp³-hybridized carbons (Fsp3) is 0.710. The monoisotopic (exact) mass is 501 g/mol. The molecule has 37 heavy (non-hydrogen) atoms. The predicted molar refractivity (Wildman–Crippen MR) is 138 cm³/mol. The maximum atomic E-state index is 14.4. The quantitative estimate of drug-likeness (QED) is 0.458. The van der Waals surface area contributed by atoms with Gasteiger partial charge in [-0.15, -0.1) is 10.2 Å². The van der Waals surface area contributed by atoms with Gasteiger partial charge in [0.05, 0.1) is 11.0 Å². The van der Waals surface area contributed by atoms with E-state index in [4.69, 9.17) is 4.42 Å². The molecule has 1 aromatic rings. The lowest BCUT2D eigenvalue weighted by Gasteiger charge is -2.68. The molecule has 1 heterocycles. The van der Waals surface area contributed by atoms with Gasteiger partial charge in [-0.3, -0.25) is 9.59 Å². The van der Waals surface area contributed by atoms with E-state index in [0.717, 1.165) is 50.5 Å². The number of carbonyl (C=O) groups excluding carboxylic acids is 2. The molecule has 0 spiro atoms. The van der Waals surface area contributed by atoms with Crippen molar-refractivity contribution in [3.05, 3.63) is 35.6 Å². The summed E-state index contributed by atoms with van der Waals surface area (Å²) in [6.45, 7) is 13.5. The molecule has 0 radical (unpaired) electrons. The average molecular weight is 502 g/mol. The fourth-order valence-electron chi connectivity index (χ4n) is 10.0. The molecule has 6 rings (SSSR count). The molecular formula is C31H39N3O3. The van der Waals surface area contributed by atoms with Crippen LogP contribution in [0.1, 0.15) is 92.4 Å². The van der Waals surface area contributed by atoms with Crippen molar-refractivity contribution in [3.8, 4) is 6.07 Å². The molecule has 5 aliphatic rings. The van der Waals surface area contributed by atoms with Crippen LogP contribution in [0.4, 0.5) is 0 Å². The third kappa shape index (κ3) is 2.98. The van der Waals surface area contributed by atoms with Crippen LogP contribution in [0.3, 0.4) is 0 Å². The van der Waals surface area contributed by atoms with Crippen molar-refractivity contribution in [2.24, 2.45) is 45.3 Å². The summed E-state index contributed by atoms with van der Waals surface area (Å²) in [5.74, 6) is 0.778. The van der Waals surface area contributed by atoms with Gasteiger partial charge in [-0.1, -0.05) is 53.2 Å². The maximum absolute atomic E-state index is 14.4. The van der Waals surface area contributed by atoms with Crippen molar-refractivity contribution in [3.63, 3.8) is 0 Å². The Morgan fingerprint density at radius 1 is 1.03 bits per heavy atom. The first-order valence-corrected chi connectivity index (χ1v) is 14.0. The summed E-state index contributed by atoms with van der Waals surface area (Å²) in [6, 6.07) is 2.17. The number of Topliss-reactive ketones (excluding diaryl/α,β-unsaturated/α-hetero) is 1. The number of rotatable bonds is 1. The molecule has 0 aromatic carbocycles. The highest BCUT2D eigenvalue weighted by molar-refractivity contribution is 6.02. The SMILES string of the molecule is CC1C(=O)C(C#N)=CC2(C)C3=CC(=O)C4C5CC(C)(C)CCC5(c5nnco5)CCC4(C)C3(C)CCC12. The Bertz CT molecular complexity index is 1290. The second-order valence-electron chi connectivity index (χ2n) is 14.3. The molecule has 0 bridgehead atoms. The molecule has 0 saturated heterocycles. The van der Waals surface area contributed by atoms with Gasteiger partial charge in [-0.2, -0.15) is 5.26 Å². The van der Waals surface area contributed by atoms with Crippen LogP contribution in [0, 0.1) is 56.7 Å². The Hall–Kier alpha value is -2.55. The number of hydrogen-bond acceptors (Lipinski definition) is 6. The second kappa shape index (κ2) is 7.52. The van der Waals surface area contributed by atoms with E-state index in [2.05, 4.69) is 50.9 Å². The molecule has 196 valence electrons. The zero-order valence-electron chi connectivity index (χ0n) is 23.1. The molecule has 6 heteroatoms. The van der Waals surface area contributed by atoms with Gasteiger partial charge < -0.3 is 4.42 Å². The van der Waals surface area contributed by atoms with Crippen molar-refractivity contribution < 1.29 is 14.0 Å². The predicted octanol–water partition coefficient (Wildman–Crippen LogP) is 6.15. The Morgan fingerprint density at radius 2 is 1.76 bits per heavy atom. The highest BCUT2D eigenvalue weighted by Crippen LogP contribution is 2.73. The highest BCUT2D eigenvalue weighted by atomic mass is 16.4. The number of ketones is 2. The lowest BCUT2D eigenvalue weighted by Crippen LogP contribution is -2.65. The summed E-state index contributed by atoms with van der Waals surface area (Å²) in [5, 5.41) is 18.3. The number of nitrogens with zero attached hydrogens (tertiary/aromatic N) is 3. The molecule has 8 unspecified atom stereocenters. The average Bonchev–Trinajstić information content (AvgIpc) is 3.38. The summed E-state index contributed by atoms with van der Waals surface area (Å²) >= 11 is 0. The number of allylic oxidation sites excluding steroid dienone is 4. The van der Waals surface area contributed by atoms with Gasteiger partial charge in [0, 0.05) is 17.3 Å². The van der Waals surface area contributed by atoms with Crippen LogP contribution in [0.25, 0.3) is 0 Å². The van der Waals surface area contributed by atoms with E-state index in [9.17, 15) is 14.9 Å². The van der Waals surface area contributed by atoms with Crippen LogP contribution in [0.5, 0.6) is 0 Å². The smallest absolute Gasteiger partial charge is 0.222 e. The van der Waals surface area contributed by atoms with Crippen molar-refractivity contribution in [2.45, 2.75) is 91.9 Å². The summed E-state index contributed by atoms with van der Waals surface area (Å²) < 4.78 is 5.89. The van der Waals surface area contributed by atoms with E-state index in [-0.39, 0.29) is 62.5 Å². The molecular weight excluding hydrogens is 462 g/mol. The largest absolute Gasteiger partial charge is 0.427 e. The lowest BCUT2D eigenvalue weighted by atomic mass is 9.35. The second-order valence-corrected chi connectivity index (χ2v) is 14.3. The number of fused-ring (bicyclic) bond motifs is 7. The van der Waals surface area contributed by atoms with E-state index in [1.165, 1.54) is 6.39 Å². The Balaban J connectivity index is 1.53. The first kappa shape index (κ1) is 24.8. The highest BCUT2D eigenvalue weighted by Gasteiger charge is 2.69. The zero-order chi connectivity index (χ0) is 26.6. The van der Waals surface area contributed by atoms with Gasteiger partial charge in [0.2, 0.25) is 12.3 Å². The van der Waals surface area contributed by atoms with Gasteiger partial charge in [0.25, 0.3) is 0 Å². The Kier molecular flexibility index (Phi) is 5.03. The molecule has 1 aromatic heterocycles. The first-order chi connectivity index (χ1) is 17.3. The molecule has 0 aliphatic heterocycles. The van der Waals surface area contributed by atoms with Gasteiger partial charge in [0.1, 0.15) is 6.07 Å². The summed E-state index contributed by atoms with van der Waals surface area (Å²) in [6.07, 6.45) is 12.0. The molecule has 8 atom stereocenters. The Labute approximate surface area is 220 Å². The van der Waals surface area contributed by atoms with Gasteiger partial charge in [-0.25, -0.2) is 0 Å². The maximum Gasteiger partial charge on any atom is 0.222 e. The fourth-order valence-corrected chi connectivity index (χ4v) is 10.0. The minimum Gasteiger partial charge on any atom is -0.427 e. The minimum atomic E-state index is -0.470. The molecule has 0 amide bonds. The van der Waals surface area contributed by atoms with Crippen molar-refractivity contribution in [2.75, 3.05) is 0 Å². The standard InChI is InChI=1S/C31H39N3O3/c1-18-20-7-8-29(5)23(28(20,4)14-19(16-32)25(18)36)13-22(35)24-21-15-27(2,3)9-11-31(21,12-10-30(24,29)6)26-34-33-17-37-26/h13-14,17-18,20-21,24H,7-12,15H2,1-6H3. The van der Waals surface area contributed by atoms with Crippen molar-refractivity contribution >= 4 is 11.6 Å². The zero-order valence-corrected chi connectivity index (χ0v) is 23.1. The topological polar surface area (TPSA) is 96.8 Å². The van der Waals surface area contributed by atoms with Gasteiger partial charge >= 0.3 is 0 Å². The number of carbonyl (C=O) groups is 2. The van der Waals surface area contributed by atoms with Crippen LogP contribution in [-0.4, -0.2) is 21.8 Å². The molecule has 3 fully saturated rings. The van der Waals surface area contributed by atoms with Crippen LogP contribution in [-0.2, 0) is 15.0 Å². The molecule has 3 saturated carbocycles. The van der Waals surface area contributed by atoms with E-state index in [1.807, 2.05) is 19.1 Å². The van der Waals surface area contributed by atoms with E-state index in [0.29, 0.717) is 5.89 Å². The first-order valence-electron chi connectivity index (χ1n) is 14.0. The normalized spacial score (nSPS) is 46.4. The number of aromatic nitrogens is 2. The summed E-state index contributed by atoms with van der Waals surface area (Å²) in [7, 11) is 0. The Morgan fingerprint density at radius 3 is 2.43 bits per heavy atom. The molecule has 0 N–H and O–H groups in total. The summed E-state index contributed by atoms with van der Waals surface area (Å²) in [5.41, 5.74) is 0.392. The van der Waals surface area contributed by atoms with Crippen LogP contribution >= 0.6 is 0 Å². The van der Waals surface area contributed by atoms with Crippen LogP contribution < -0.4 is 0 Å². The van der Waals surface area contributed by atoms with Gasteiger partial charge in [-0.05, 0) is 79.1 Å². The van der Waals surface area contributed by atoms with E-state index >= 15 is 0 Å². The van der Waals surface area contributed by atoms with E-state index < -0.39 is 5.41 Å².